The number of nitro groups is 1. The van der Waals surface area contributed by atoms with Crippen LogP contribution in [0.4, 0.5) is 5.69 Å². The van der Waals surface area contributed by atoms with Gasteiger partial charge in [-0.05, 0) is 18.9 Å². The van der Waals surface area contributed by atoms with Crippen molar-refractivity contribution >= 4 is 5.69 Å². The van der Waals surface area contributed by atoms with Crippen LogP contribution in [-0.4, -0.2) is 29.3 Å². The molecule has 0 aromatic heterocycles. The summed E-state index contributed by atoms with van der Waals surface area (Å²) in [6.07, 6.45) is 1.31. The van der Waals surface area contributed by atoms with Gasteiger partial charge in [0, 0.05) is 30.8 Å². The fourth-order valence-electron chi connectivity index (χ4n) is 1.95. The molecule has 0 heterocycles. The zero-order valence-corrected chi connectivity index (χ0v) is 12.2. The molecule has 112 valence electrons. The largest absolute Gasteiger partial charge is 0.496 e. The molecule has 0 amide bonds. The van der Waals surface area contributed by atoms with Gasteiger partial charge < -0.3 is 15.2 Å². The topological polar surface area (TPSA) is 84.6 Å². The van der Waals surface area contributed by atoms with Crippen molar-refractivity contribution in [2.45, 2.75) is 38.8 Å². The SMILES string of the molecule is CCC(O)(CC)CNCc1cc([N+](=O)[O-])ccc1OC. The number of hydrogen-bond acceptors (Lipinski definition) is 5. The van der Waals surface area contributed by atoms with Crippen LogP contribution in [0, 0.1) is 10.1 Å². The van der Waals surface area contributed by atoms with Gasteiger partial charge in [0.15, 0.2) is 0 Å². The fourth-order valence-corrected chi connectivity index (χ4v) is 1.95. The predicted molar refractivity (Wildman–Crippen MR) is 76.9 cm³/mol. The molecule has 1 aromatic rings. The normalized spacial score (nSPS) is 11.4. The third-order valence-corrected chi connectivity index (χ3v) is 3.56. The number of ether oxygens (including phenoxy) is 1. The van der Waals surface area contributed by atoms with E-state index in [0.29, 0.717) is 37.2 Å². The van der Waals surface area contributed by atoms with Gasteiger partial charge in [-0.15, -0.1) is 0 Å². The minimum Gasteiger partial charge on any atom is -0.496 e. The molecule has 6 nitrogen and oxygen atoms in total. The van der Waals surface area contributed by atoms with E-state index in [-0.39, 0.29) is 5.69 Å². The number of nitrogens with zero attached hydrogens (tertiary/aromatic N) is 1. The molecule has 0 saturated carbocycles. The van der Waals surface area contributed by atoms with Crippen LogP contribution in [-0.2, 0) is 6.54 Å². The van der Waals surface area contributed by atoms with E-state index in [9.17, 15) is 15.2 Å². The lowest BCUT2D eigenvalue weighted by molar-refractivity contribution is -0.384. The lowest BCUT2D eigenvalue weighted by Gasteiger charge is -2.25. The van der Waals surface area contributed by atoms with Gasteiger partial charge in [-0.1, -0.05) is 13.8 Å². The van der Waals surface area contributed by atoms with Crippen LogP contribution >= 0.6 is 0 Å². The highest BCUT2D eigenvalue weighted by molar-refractivity contribution is 5.43. The maximum absolute atomic E-state index is 10.8. The number of rotatable bonds is 8. The first-order chi connectivity index (χ1) is 9.45. The number of nitro benzene ring substituents is 1. The van der Waals surface area contributed by atoms with Crippen molar-refractivity contribution in [3.05, 3.63) is 33.9 Å². The van der Waals surface area contributed by atoms with Crippen molar-refractivity contribution in [2.24, 2.45) is 0 Å². The zero-order chi connectivity index (χ0) is 15.2. The second-order valence-corrected chi connectivity index (χ2v) is 4.79. The number of aliphatic hydroxyl groups is 1. The number of methoxy groups -OCH3 is 1. The molecule has 20 heavy (non-hydrogen) atoms. The number of hydrogen-bond donors (Lipinski definition) is 2. The van der Waals surface area contributed by atoms with Crippen LogP contribution in [0.2, 0.25) is 0 Å². The molecule has 0 aliphatic heterocycles. The molecule has 0 saturated heterocycles. The summed E-state index contributed by atoms with van der Waals surface area (Å²) in [5, 5.41) is 24.1. The van der Waals surface area contributed by atoms with Crippen LogP contribution in [0.5, 0.6) is 5.75 Å². The van der Waals surface area contributed by atoms with Crippen molar-refractivity contribution < 1.29 is 14.8 Å². The maximum atomic E-state index is 10.8. The molecule has 0 aliphatic rings. The highest BCUT2D eigenvalue weighted by Crippen LogP contribution is 2.24. The first kappa shape index (κ1) is 16.4. The summed E-state index contributed by atoms with van der Waals surface area (Å²) in [5.41, 5.74) is -0.00591. The Morgan fingerprint density at radius 3 is 2.55 bits per heavy atom. The van der Waals surface area contributed by atoms with Crippen LogP contribution in [0.15, 0.2) is 18.2 Å². The monoisotopic (exact) mass is 282 g/mol. The molecule has 0 fully saturated rings. The van der Waals surface area contributed by atoms with E-state index in [1.807, 2.05) is 13.8 Å². The zero-order valence-electron chi connectivity index (χ0n) is 12.2. The Morgan fingerprint density at radius 2 is 2.05 bits per heavy atom. The van der Waals surface area contributed by atoms with Gasteiger partial charge in [0.2, 0.25) is 0 Å². The summed E-state index contributed by atoms with van der Waals surface area (Å²) < 4.78 is 5.19. The summed E-state index contributed by atoms with van der Waals surface area (Å²) in [4.78, 5) is 10.3. The number of nitrogens with one attached hydrogen (secondary N) is 1. The predicted octanol–water partition coefficient (Wildman–Crippen LogP) is 2.24. The summed E-state index contributed by atoms with van der Waals surface area (Å²) >= 11 is 0. The highest BCUT2D eigenvalue weighted by Gasteiger charge is 2.21. The third kappa shape index (κ3) is 4.18. The van der Waals surface area contributed by atoms with Crippen molar-refractivity contribution in [1.29, 1.82) is 0 Å². The maximum Gasteiger partial charge on any atom is 0.270 e. The highest BCUT2D eigenvalue weighted by atomic mass is 16.6. The van der Waals surface area contributed by atoms with Gasteiger partial charge in [0.05, 0.1) is 17.6 Å². The van der Waals surface area contributed by atoms with Crippen molar-refractivity contribution in [1.82, 2.24) is 5.32 Å². The Hall–Kier alpha value is -1.66. The Labute approximate surface area is 118 Å². The van der Waals surface area contributed by atoms with E-state index in [4.69, 9.17) is 4.74 Å². The molecule has 1 rings (SSSR count). The molecular formula is C14H22N2O4. The standard InChI is InChI=1S/C14H22N2O4/c1-4-14(17,5-2)10-15-9-11-8-12(16(18)19)6-7-13(11)20-3/h6-8,15,17H,4-5,9-10H2,1-3H3. The van der Waals surface area contributed by atoms with E-state index in [0.717, 1.165) is 0 Å². The van der Waals surface area contributed by atoms with Gasteiger partial charge in [0.1, 0.15) is 5.75 Å². The van der Waals surface area contributed by atoms with Crippen LogP contribution < -0.4 is 10.1 Å². The second kappa shape index (κ2) is 7.21. The molecule has 0 atom stereocenters. The van der Waals surface area contributed by atoms with E-state index in [2.05, 4.69) is 5.32 Å². The Bertz CT molecular complexity index is 458. The smallest absolute Gasteiger partial charge is 0.270 e. The average Bonchev–Trinajstić information content (AvgIpc) is 2.46. The van der Waals surface area contributed by atoms with Crippen molar-refractivity contribution in [3.8, 4) is 5.75 Å². The van der Waals surface area contributed by atoms with Crippen LogP contribution in [0.25, 0.3) is 0 Å². The summed E-state index contributed by atoms with van der Waals surface area (Å²) in [6, 6.07) is 4.49. The van der Waals surface area contributed by atoms with Crippen LogP contribution in [0.3, 0.4) is 0 Å². The van der Waals surface area contributed by atoms with Crippen molar-refractivity contribution in [3.63, 3.8) is 0 Å². The Kier molecular flexibility index (Phi) is 5.91. The van der Waals surface area contributed by atoms with Gasteiger partial charge >= 0.3 is 0 Å². The molecule has 1 aromatic carbocycles. The molecule has 0 radical (unpaired) electrons. The molecule has 0 bridgehead atoms. The van der Waals surface area contributed by atoms with E-state index in [1.54, 1.807) is 6.07 Å². The van der Waals surface area contributed by atoms with E-state index in [1.165, 1.54) is 19.2 Å². The lowest BCUT2D eigenvalue weighted by atomic mass is 9.97. The van der Waals surface area contributed by atoms with Crippen molar-refractivity contribution in [2.75, 3.05) is 13.7 Å². The Balaban J connectivity index is 2.75. The summed E-state index contributed by atoms with van der Waals surface area (Å²) in [5.74, 6) is 0.597. The fraction of sp³-hybridized carbons (Fsp3) is 0.571. The minimum absolute atomic E-state index is 0.0313. The van der Waals surface area contributed by atoms with Gasteiger partial charge in [0.25, 0.3) is 5.69 Å². The second-order valence-electron chi connectivity index (χ2n) is 4.79. The van der Waals surface area contributed by atoms with Gasteiger partial charge in [-0.2, -0.15) is 0 Å². The Morgan fingerprint density at radius 1 is 1.40 bits per heavy atom. The molecule has 2 N–H and O–H groups in total. The van der Waals surface area contributed by atoms with Gasteiger partial charge in [-0.25, -0.2) is 0 Å². The molecule has 0 unspecified atom stereocenters. The lowest BCUT2D eigenvalue weighted by Crippen LogP contribution is -2.39. The van der Waals surface area contributed by atoms with Gasteiger partial charge in [-0.3, -0.25) is 10.1 Å². The molecule has 0 aliphatic carbocycles. The average molecular weight is 282 g/mol. The first-order valence-corrected chi connectivity index (χ1v) is 6.70. The summed E-state index contributed by atoms with van der Waals surface area (Å²) in [7, 11) is 1.53. The summed E-state index contributed by atoms with van der Waals surface area (Å²) in [6.45, 7) is 4.71. The molecule has 6 heteroatoms. The molecular weight excluding hydrogens is 260 g/mol. The third-order valence-electron chi connectivity index (χ3n) is 3.56. The van der Waals surface area contributed by atoms with E-state index >= 15 is 0 Å². The number of benzene rings is 1. The quantitative estimate of drug-likeness (QED) is 0.564. The molecule has 0 spiro atoms. The van der Waals surface area contributed by atoms with E-state index < -0.39 is 10.5 Å². The first-order valence-electron chi connectivity index (χ1n) is 6.70. The minimum atomic E-state index is -0.742. The van der Waals surface area contributed by atoms with Crippen LogP contribution in [0.1, 0.15) is 32.3 Å². The number of non-ortho nitro benzene ring substituents is 1.